The van der Waals surface area contributed by atoms with Crippen molar-refractivity contribution < 1.29 is 19.4 Å². The Balaban J connectivity index is 1.63. The summed E-state index contributed by atoms with van der Waals surface area (Å²) < 4.78 is 10.6. The number of hydrogen-bond acceptors (Lipinski definition) is 7. The summed E-state index contributed by atoms with van der Waals surface area (Å²) in [6.07, 6.45) is 2.35. The minimum atomic E-state index is -1.00. The Hall–Kier alpha value is -3.81. The SMILES string of the molecule is COc1ccc(CCNc2nccc(Nc3ccccc3C(=O)O)n2)cc1OC. The van der Waals surface area contributed by atoms with Crippen molar-refractivity contribution in [3.8, 4) is 11.5 Å². The lowest BCUT2D eigenvalue weighted by molar-refractivity contribution is 0.0698. The number of para-hydroxylation sites is 1. The molecule has 0 aliphatic carbocycles. The third-order valence-corrected chi connectivity index (χ3v) is 4.22. The quantitative estimate of drug-likeness (QED) is 0.506. The molecule has 8 heteroatoms. The number of carbonyl (C=O) groups is 1. The lowest BCUT2D eigenvalue weighted by atomic mass is 10.1. The van der Waals surface area contributed by atoms with Crippen molar-refractivity contribution in [2.45, 2.75) is 6.42 Å². The molecule has 0 radical (unpaired) electrons. The lowest BCUT2D eigenvalue weighted by Gasteiger charge is -2.11. The summed E-state index contributed by atoms with van der Waals surface area (Å²) in [4.78, 5) is 19.9. The van der Waals surface area contributed by atoms with Gasteiger partial charge in [-0.2, -0.15) is 4.98 Å². The zero-order valence-electron chi connectivity index (χ0n) is 16.2. The molecular weight excluding hydrogens is 372 g/mol. The highest BCUT2D eigenvalue weighted by molar-refractivity contribution is 5.94. The van der Waals surface area contributed by atoms with Crippen molar-refractivity contribution >= 4 is 23.4 Å². The van der Waals surface area contributed by atoms with Crippen LogP contribution in [0.4, 0.5) is 17.5 Å². The Kier molecular flexibility index (Phi) is 6.47. The summed E-state index contributed by atoms with van der Waals surface area (Å²) >= 11 is 0. The van der Waals surface area contributed by atoms with E-state index < -0.39 is 5.97 Å². The van der Waals surface area contributed by atoms with Gasteiger partial charge in [0.25, 0.3) is 0 Å². The van der Waals surface area contributed by atoms with E-state index in [2.05, 4.69) is 20.6 Å². The Morgan fingerprint density at radius 1 is 1.07 bits per heavy atom. The summed E-state index contributed by atoms with van der Waals surface area (Å²) in [6.45, 7) is 0.616. The molecule has 3 N–H and O–H groups in total. The number of ether oxygens (including phenoxy) is 2. The van der Waals surface area contributed by atoms with Gasteiger partial charge < -0.3 is 25.2 Å². The standard InChI is InChI=1S/C21H22N4O4/c1-28-17-8-7-14(13-18(17)29-2)9-11-22-21-23-12-10-19(25-21)24-16-6-4-3-5-15(16)20(26)27/h3-8,10,12-13H,9,11H2,1-2H3,(H,26,27)(H2,22,23,24,25). The Morgan fingerprint density at radius 3 is 2.62 bits per heavy atom. The van der Waals surface area contributed by atoms with E-state index in [1.165, 1.54) is 6.07 Å². The number of carboxylic acid groups (broad SMARTS) is 1. The largest absolute Gasteiger partial charge is 0.493 e. The molecule has 0 aliphatic rings. The normalized spacial score (nSPS) is 10.3. The molecule has 2 aromatic carbocycles. The van der Waals surface area contributed by atoms with Gasteiger partial charge in [0.05, 0.1) is 25.5 Å². The second kappa shape index (κ2) is 9.41. The maximum Gasteiger partial charge on any atom is 0.337 e. The summed E-state index contributed by atoms with van der Waals surface area (Å²) in [7, 11) is 3.21. The van der Waals surface area contributed by atoms with Crippen LogP contribution in [0.3, 0.4) is 0 Å². The number of nitrogens with one attached hydrogen (secondary N) is 2. The average Bonchev–Trinajstić information content (AvgIpc) is 2.74. The zero-order valence-corrected chi connectivity index (χ0v) is 16.2. The maximum atomic E-state index is 11.3. The van der Waals surface area contributed by atoms with Gasteiger partial charge in [-0.1, -0.05) is 18.2 Å². The monoisotopic (exact) mass is 394 g/mol. The molecule has 0 saturated carbocycles. The molecule has 29 heavy (non-hydrogen) atoms. The molecule has 0 amide bonds. The second-order valence-electron chi connectivity index (χ2n) is 6.11. The molecule has 3 rings (SSSR count). The van der Waals surface area contributed by atoms with Gasteiger partial charge in [-0.25, -0.2) is 9.78 Å². The van der Waals surface area contributed by atoms with Crippen molar-refractivity contribution in [2.75, 3.05) is 31.4 Å². The number of nitrogens with zero attached hydrogens (tertiary/aromatic N) is 2. The summed E-state index contributed by atoms with van der Waals surface area (Å²) in [5, 5.41) is 15.5. The number of anilines is 3. The molecule has 1 heterocycles. The molecule has 150 valence electrons. The van der Waals surface area contributed by atoms with E-state index in [9.17, 15) is 9.90 Å². The first kappa shape index (κ1) is 19.9. The number of benzene rings is 2. The molecule has 0 spiro atoms. The third kappa shape index (κ3) is 5.13. The first-order valence-corrected chi connectivity index (χ1v) is 8.98. The first-order chi connectivity index (χ1) is 14.1. The van der Waals surface area contributed by atoms with E-state index in [1.54, 1.807) is 44.7 Å². The molecule has 0 unspecified atom stereocenters. The van der Waals surface area contributed by atoms with Crippen molar-refractivity contribution in [3.05, 3.63) is 65.9 Å². The number of methoxy groups -OCH3 is 2. The van der Waals surface area contributed by atoms with Crippen LogP contribution in [0.25, 0.3) is 0 Å². The maximum absolute atomic E-state index is 11.3. The minimum absolute atomic E-state index is 0.175. The van der Waals surface area contributed by atoms with E-state index in [4.69, 9.17) is 9.47 Å². The third-order valence-electron chi connectivity index (χ3n) is 4.22. The molecule has 0 atom stereocenters. The predicted molar refractivity (Wildman–Crippen MR) is 110 cm³/mol. The highest BCUT2D eigenvalue weighted by Crippen LogP contribution is 2.27. The summed E-state index contributed by atoms with van der Waals surface area (Å²) in [5.74, 6) is 1.32. The number of aromatic carboxylic acids is 1. The van der Waals surface area contributed by atoms with Gasteiger partial charge >= 0.3 is 5.97 Å². The molecule has 0 aliphatic heterocycles. The highest BCUT2D eigenvalue weighted by Gasteiger charge is 2.10. The van der Waals surface area contributed by atoms with Crippen molar-refractivity contribution in [2.24, 2.45) is 0 Å². The summed E-state index contributed by atoms with van der Waals surface area (Å²) in [6, 6.07) is 14.1. The van der Waals surface area contributed by atoms with E-state index in [-0.39, 0.29) is 5.56 Å². The Morgan fingerprint density at radius 2 is 1.86 bits per heavy atom. The molecule has 0 fully saturated rings. The number of hydrogen-bond donors (Lipinski definition) is 3. The smallest absolute Gasteiger partial charge is 0.337 e. The predicted octanol–water partition coefficient (Wildman–Crippen LogP) is 3.59. The highest BCUT2D eigenvalue weighted by atomic mass is 16.5. The van der Waals surface area contributed by atoms with Gasteiger partial charge in [0.15, 0.2) is 11.5 Å². The minimum Gasteiger partial charge on any atom is -0.493 e. The van der Waals surface area contributed by atoms with Gasteiger partial charge in [0.2, 0.25) is 5.95 Å². The van der Waals surface area contributed by atoms with Crippen LogP contribution in [0.15, 0.2) is 54.7 Å². The van der Waals surface area contributed by atoms with Gasteiger partial charge in [-0.3, -0.25) is 0 Å². The Labute approximate surface area is 168 Å². The van der Waals surface area contributed by atoms with Gasteiger partial charge in [0, 0.05) is 12.7 Å². The fourth-order valence-electron chi connectivity index (χ4n) is 2.78. The van der Waals surface area contributed by atoms with E-state index in [0.717, 1.165) is 12.0 Å². The average molecular weight is 394 g/mol. The Bertz CT molecular complexity index is 994. The van der Waals surface area contributed by atoms with Crippen LogP contribution in [-0.4, -0.2) is 41.8 Å². The second-order valence-corrected chi connectivity index (χ2v) is 6.11. The molecule has 0 bridgehead atoms. The molecular formula is C21H22N4O4. The molecule has 0 saturated heterocycles. The topological polar surface area (TPSA) is 106 Å². The van der Waals surface area contributed by atoms with Crippen LogP contribution in [-0.2, 0) is 6.42 Å². The van der Waals surface area contributed by atoms with Gasteiger partial charge in [-0.15, -0.1) is 0 Å². The number of rotatable bonds is 9. The van der Waals surface area contributed by atoms with Crippen LogP contribution < -0.4 is 20.1 Å². The van der Waals surface area contributed by atoms with Crippen LogP contribution >= 0.6 is 0 Å². The molecule has 3 aromatic rings. The fraction of sp³-hybridized carbons (Fsp3) is 0.190. The van der Waals surface area contributed by atoms with Crippen molar-refractivity contribution in [1.29, 1.82) is 0 Å². The van der Waals surface area contributed by atoms with Crippen LogP contribution in [0.2, 0.25) is 0 Å². The van der Waals surface area contributed by atoms with Crippen molar-refractivity contribution in [3.63, 3.8) is 0 Å². The van der Waals surface area contributed by atoms with E-state index in [1.807, 2.05) is 18.2 Å². The van der Waals surface area contributed by atoms with Gasteiger partial charge in [0.1, 0.15) is 5.82 Å². The van der Waals surface area contributed by atoms with Crippen LogP contribution in [0.5, 0.6) is 11.5 Å². The van der Waals surface area contributed by atoms with Crippen LogP contribution in [0, 0.1) is 0 Å². The fourth-order valence-corrected chi connectivity index (χ4v) is 2.78. The van der Waals surface area contributed by atoms with Gasteiger partial charge in [-0.05, 0) is 42.3 Å². The summed E-state index contributed by atoms with van der Waals surface area (Å²) in [5.41, 5.74) is 1.73. The molecule has 8 nitrogen and oxygen atoms in total. The van der Waals surface area contributed by atoms with E-state index >= 15 is 0 Å². The van der Waals surface area contributed by atoms with Crippen molar-refractivity contribution in [1.82, 2.24) is 9.97 Å². The first-order valence-electron chi connectivity index (χ1n) is 8.98. The lowest BCUT2D eigenvalue weighted by Crippen LogP contribution is -2.09. The number of aromatic nitrogens is 2. The van der Waals surface area contributed by atoms with E-state index in [0.29, 0.717) is 35.5 Å². The zero-order chi connectivity index (χ0) is 20.6. The number of carboxylic acids is 1. The molecule has 1 aromatic heterocycles. The van der Waals surface area contributed by atoms with Crippen LogP contribution in [0.1, 0.15) is 15.9 Å².